The van der Waals surface area contributed by atoms with E-state index in [4.69, 9.17) is 0 Å². The zero-order valence-electron chi connectivity index (χ0n) is 22.0. The summed E-state index contributed by atoms with van der Waals surface area (Å²) in [6.07, 6.45) is 1.78. The van der Waals surface area contributed by atoms with E-state index in [1.54, 1.807) is 20.8 Å². The van der Waals surface area contributed by atoms with Gasteiger partial charge in [-0.3, -0.25) is 14.4 Å². The highest BCUT2D eigenvalue weighted by molar-refractivity contribution is 6.00. The van der Waals surface area contributed by atoms with Crippen molar-refractivity contribution >= 4 is 17.7 Å². The van der Waals surface area contributed by atoms with Crippen molar-refractivity contribution in [1.29, 1.82) is 0 Å². The van der Waals surface area contributed by atoms with Crippen LogP contribution in [-0.2, 0) is 27.2 Å². The molecule has 1 heterocycles. The molecule has 1 unspecified atom stereocenters. The Labute approximate surface area is 216 Å². The third kappa shape index (κ3) is 5.38. The Morgan fingerprint density at radius 3 is 2.27 bits per heavy atom. The minimum Gasteiger partial charge on any atom is -0.349 e. The predicted molar refractivity (Wildman–Crippen MR) is 136 cm³/mol. The number of nitrogens with one attached hydrogen (secondary N) is 2. The van der Waals surface area contributed by atoms with E-state index in [1.165, 1.54) is 11.0 Å². The van der Waals surface area contributed by atoms with E-state index in [-0.39, 0.29) is 23.3 Å². The smallest absolute Gasteiger partial charge is 0.247 e. The zero-order chi connectivity index (χ0) is 27.1. The quantitative estimate of drug-likeness (QED) is 0.614. The summed E-state index contributed by atoms with van der Waals surface area (Å²) >= 11 is 0. The molecule has 6 nitrogen and oxygen atoms in total. The van der Waals surface area contributed by atoms with Gasteiger partial charge in [-0.1, -0.05) is 50.6 Å². The second kappa shape index (κ2) is 10.2. The van der Waals surface area contributed by atoms with Crippen molar-refractivity contribution in [3.63, 3.8) is 0 Å². The largest absolute Gasteiger partial charge is 0.349 e. The first-order chi connectivity index (χ1) is 17.4. The molecule has 4 atom stereocenters. The van der Waals surface area contributed by atoms with Crippen LogP contribution in [0.25, 0.3) is 0 Å². The summed E-state index contributed by atoms with van der Waals surface area (Å²) in [5.41, 5.74) is 1.41. The van der Waals surface area contributed by atoms with Crippen LogP contribution in [0.1, 0.15) is 63.8 Å². The molecule has 2 aromatic rings. The molecule has 0 radical (unpaired) electrons. The van der Waals surface area contributed by atoms with Gasteiger partial charge in [-0.2, -0.15) is 0 Å². The summed E-state index contributed by atoms with van der Waals surface area (Å²) in [4.78, 5) is 42.8. The first-order valence-corrected chi connectivity index (χ1v) is 12.9. The highest BCUT2D eigenvalue weighted by atomic mass is 19.1. The SMILES string of the molecule is CCC(C)[C@@H]1C(=O)N[C@H](C2Cc3ccccc3C2)C(=O)N1[C@@H](C(=O)NC(C)(C)C)c1ccc(F)cc1F. The third-order valence-electron chi connectivity index (χ3n) is 7.41. The predicted octanol–water partition coefficient (Wildman–Crippen LogP) is 4.08. The van der Waals surface area contributed by atoms with Crippen LogP contribution in [0.15, 0.2) is 42.5 Å². The number of amides is 3. The second-order valence-corrected chi connectivity index (χ2v) is 11.3. The van der Waals surface area contributed by atoms with Crippen LogP contribution in [0.2, 0.25) is 0 Å². The molecule has 0 saturated carbocycles. The van der Waals surface area contributed by atoms with Gasteiger partial charge in [-0.05, 0) is 62.6 Å². The Hall–Kier alpha value is -3.29. The van der Waals surface area contributed by atoms with Crippen LogP contribution >= 0.6 is 0 Å². The zero-order valence-corrected chi connectivity index (χ0v) is 22.0. The van der Waals surface area contributed by atoms with Crippen molar-refractivity contribution in [2.45, 2.75) is 77.5 Å². The number of carbonyl (C=O) groups is 3. The molecule has 1 aliphatic carbocycles. The van der Waals surface area contributed by atoms with Crippen LogP contribution in [0.4, 0.5) is 8.78 Å². The number of benzene rings is 2. The van der Waals surface area contributed by atoms with Crippen molar-refractivity contribution in [1.82, 2.24) is 15.5 Å². The second-order valence-electron chi connectivity index (χ2n) is 11.3. The summed E-state index contributed by atoms with van der Waals surface area (Å²) in [5, 5.41) is 5.78. The minimum absolute atomic E-state index is 0.145. The van der Waals surface area contributed by atoms with Gasteiger partial charge in [0.1, 0.15) is 29.8 Å². The van der Waals surface area contributed by atoms with E-state index in [9.17, 15) is 18.8 Å². The summed E-state index contributed by atoms with van der Waals surface area (Å²) < 4.78 is 29.0. The number of hydrogen-bond acceptors (Lipinski definition) is 3. The van der Waals surface area contributed by atoms with Crippen LogP contribution in [0.5, 0.6) is 0 Å². The molecule has 2 aromatic carbocycles. The van der Waals surface area contributed by atoms with E-state index in [0.29, 0.717) is 25.3 Å². The Bertz CT molecular complexity index is 1180. The van der Waals surface area contributed by atoms with E-state index < -0.39 is 47.1 Å². The maximum absolute atomic E-state index is 15.2. The van der Waals surface area contributed by atoms with Crippen LogP contribution in [0.3, 0.4) is 0 Å². The van der Waals surface area contributed by atoms with Gasteiger partial charge < -0.3 is 15.5 Å². The number of rotatable bonds is 6. The van der Waals surface area contributed by atoms with Crippen molar-refractivity contribution < 1.29 is 23.2 Å². The molecule has 0 bridgehead atoms. The fourth-order valence-corrected chi connectivity index (χ4v) is 5.49. The number of hydrogen-bond donors (Lipinski definition) is 2. The molecule has 8 heteroatoms. The molecule has 4 rings (SSSR count). The molecule has 0 spiro atoms. The Kier molecular flexibility index (Phi) is 7.40. The average molecular weight is 512 g/mol. The van der Waals surface area contributed by atoms with Gasteiger partial charge in [-0.25, -0.2) is 8.78 Å². The lowest BCUT2D eigenvalue weighted by molar-refractivity contribution is -0.159. The van der Waals surface area contributed by atoms with Gasteiger partial charge in [0, 0.05) is 17.2 Å². The van der Waals surface area contributed by atoms with Gasteiger partial charge in [0.25, 0.3) is 0 Å². The highest BCUT2D eigenvalue weighted by Gasteiger charge is 2.51. The molecule has 2 N–H and O–H groups in total. The summed E-state index contributed by atoms with van der Waals surface area (Å²) in [7, 11) is 0. The minimum atomic E-state index is -1.44. The lowest BCUT2D eigenvalue weighted by Crippen LogP contribution is -2.68. The molecular weight excluding hydrogens is 476 g/mol. The van der Waals surface area contributed by atoms with Crippen molar-refractivity contribution in [2.75, 3.05) is 0 Å². The van der Waals surface area contributed by atoms with E-state index in [2.05, 4.69) is 10.6 Å². The number of piperazine rings is 1. The standard InChI is InChI=1S/C29H35F2N3O3/c1-6-16(2)24-26(35)32-23(19-13-17-9-7-8-10-18(17)14-19)28(37)34(24)25(27(36)33-29(3,4)5)21-12-11-20(30)15-22(21)31/h7-12,15-16,19,23-25H,6,13-14H2,1-5H3,(H,32,35)(H,33,36)/t16?,23-,24-,25-/m1/s1. The van der Waals surface area contributed by atoms with Crippen molar-refractivity contribution in [3.8, 4) is 0 Å². The van der Waals surface area contributed by atoms with Crippen molar-refractivity contribution in [3.05, 3.63) is 70.8 Å². The van der Waals surface area contributed by atoms with Crippen LogP contribution in [-0.4, -0.2) is 40.2 Å². The molecule has 3 amide bonds. The van der Waals surface area contributed by atoms with Gasteiger partial charge in [0.05, 0.1) is 0 Å². The number of carbonyl (C=O) groups excluding carboxylic acids is 3. The lowest BCUT2D eigenvalue weighted by atomic mass is 9.85. The molecular formula is C29H35F2N3O3. The molecule has 1 saturated heterocycles. The topological polar surface area (TPSA) is 78.5 Å². The molecule has 0 aromatic heterocycles. The monoisotopic (exact) mass is 511 g/mol. The summed E-state index contributed by atoms with van der Waals surface area (Å²) in [5.74, 6) is -3.66. The molecule has 2 aliphatic rings. The third-order valence-corrected chi connectivity index (χ3v) is 7.41. The maximum Gasteiger partial charge on any atom is 0.247 e. The highest BCUT2D eigenvalue weighted by Crippen LogP contribution is 2.37. The average Bonchev–Trinajstić information content (AvgIpc) is 3.25. The first kappa shape index (κ1) is 26.8. The number of nitrogens with zero attached hydrogens (tertiary/aromatic N) is 1. The first-order valence-electron chi connectivity index (χ1n) is 12.9. The van der Waals surface area contributed by atoms with Gasteiger partial charge in [0.15, 0.2) is 0 Å². The Morgan fingerprint density at radius 1 is 1.11 bits per heavy atom. The molecule has 37 heavy (non-hydrogen) atoms. The van der Waals surface area contributed by atoms with Crippen LogP contribution < -0.4 is 10.6 Å². The van der Waals surface area contributed by atoms with Gasteiger partial charge >= 0.3 is 0 Å². The molecule has 198 valence electrons. The van der Waals surface area contributed by atoms with Gasteiger partial charge in [-0.15, -0.1) is 0 Å². The van der Waals surface area contributed by atoms with E-state index in [0.717, 1.165) is 17.2 Å². The maximum atomic E-state index is 15.2. The molecule has 1 fully saturated rings. The Morgan fingerprint density at radius 2 is 1.73 bits per heavy atom. The fourth-order valence-electron chi connectivity index (χ4n) is 5.49. The summed E-state index contributed by atoms with van der Waals surface area (Å²) in [6.45, 7) is 9.05. The summed E-state index contributed by atoms with van der Waals surface area (Å²) in [6, 6.07) is 7.56. The van der Waals surface area contributed by atoms with E-state index in [1.807, 2.05) is 38.1 Å². The molecule has 1 aliphatic heterocycles. The fraction of sp³-hybridized carbons (Fsp3) is 0.483. The number of fused-ring (bicyclic) bond motifs is 1. The van der Waals surface area contributed by atoms with Gasteiger partial charge in [0.2, 0.25) is 17.7 Å². The van der Waals surface area contributed by atoms with Crippen molar-refractivity contribution in [2.24, 2.45) is 11.8 Å². The lowest BCUT2D eigenvalue weighted by Gasteiger charge is -2.46. The van der Waals surface area contributed by atoms with Crippen LogP contribution in [0, 0.1) is 23.5 Å². The Balaban J connectivity index is 1.81. The normalized spacial score (nSPS) is 21.9. The number of halogens is 2. The van der Waals surface area contributed by atoms with E-state index >= 15 is 4.39 Å².